The van der Waals surface area contributed by atoms with Gasteiger partial charge in [0.1, 0.15) is 29.4 Å². The largest absolute Gasteiger partial charge is 0.488 e. The molecule has 9 heteroatoms. The molecular weight excluding hydrogens is 528 g/mol. The van der Waals surface area contributed by atoms with E-state index in [2.05, 4.69) is 5.32 Å². The smallest absolute Gasteiger partial charge is 0.270 e. The number of thiophene rings is 1. The van der Waals surface area contributed by atoms with Gasteiger partial charge in [0.25, 0.3) is 11.8 Å². The van der Waals surface area contributed by atoms with E-state index in [-0.39, 0.29) is 10.7 Å². The van der Waals surface area contributed by atoms with Crippen LogP contribution in [-0.4, -0.2) is 16.9 Å². The average molecular weight is 545 g/mol. The van der Waals surface area contributed by atoms with E-state index < -0.39 is 11.8 Å². The molecular formula is C28H17ClN2O4S2. The summed E-state index contributed by atoms with van der Waals surface area (Å²) in [6.07, 6.45) is 1.59. The maximum Gasteiger partial charge on any atom is 0.270 e. The first kappa shape index (κ1) is 23.4. The van der Waals surface area contributed by atoms with Crippen molar-refractivity contribution in [3.63, 3.8) is 0 Å². The van der Waals surface area contributed by atoms with Gasteiger partial charge in [-0.1, -0.05) is 29.8 Å². The molecule has 0 saturated carbocycles. The zero-order valence-corrected chi connectivity index (χ0v) is 21.5. The van der Waals surface area contributed by atoms with Crippen LogP contribution in [0.2, 0.25) is 5.02 Å². The van der Waals surface area contributed by atoms with Crippen LogP contribution in [-0.2, 0) is 16.2 Å². The highest BCUT2D eigenvalue weighted by atomic mass is 35.5. The normalized spacial score (nSPS) is 15.6. The standard InChI is InChI=1S/C28H17ClN2O4S2/c29-17-6-11-24-22(13-17)25-16(15-34-24)12-21(37-25)14-23-26(32)30-28(36)31(27(23)33)18-7-9-20(10-8-18)35-19-4-2-1-3-5-19/h1-14H,15H2,(H,30,32,36). The summed E-state index contributed by atoms with van der Waals surface area (Å²) >= 11 is 13.0. The van der Waals surface area contributed by atoms with Gasteiger partial charge in [-0.2, -0.15) is 0 Å². The van der Waals surface area contributed by atoms with E-state index in [0.29, 0.717) is 28.8 Å². The van der Waals surface area contributed by atoms with Crippen molar-refractivity contribution in [1.29, 1.82) is 0 Å². The number of rotatable bonds is 4. The van der Waals surface area contributed by atoms with Crippen molar-refractivity contribution in [2.24, 2.45) is 0 Å². The number of thiocarbonyl (C=S) groups is 1. The predicted octanol–water partition coefficient (Wildman–Crippen LogP) is 6.58. The van der Waals surface area contributed by atoms with Crippen LogP contribution in [0.1, 0.15) is 10.4 Å². The lowest BCUT2D eigenvalue weighted by atomic mass is 10.1. The molecule has 1 N–H and O–H groups in total. The molecule has 0 aliphatic carbocycles. The Hall–Kier alpha value is -3.98. The SMILES string of the molecule is O=C1NC(=S)N(c2ccc(Oc3ccccc3)cc2)C(=O)C1=Cc1cc2c(s1)-c1cc(Cl)ccc1OC2. The van der Waals surface area contributed by atoms with Crippen LogP contribution in [0, 0.1) is 0 Å². The molecule has 6 rings (SSSR count). The van der Waals surface area contributed by atoms with Crippen LogP contribution in [0.15, 0.2) is 84.4 Å². The molecule has 3 aromatic carbocycles. The number of nitrogens with zero attached hydrogens (tertiary/aromatic N) is 1. The fourth-order valence-corrected chi connectivity index (χ4v) is 5.72. The number of ether oxygens (including phenoxy) is 2. The van der Waals surface area contributed by atoms with Crippen molar-refractivity contribution in [1.82, 2.24) is 5.32 Å². The van der Waals surface area contributed by atoms with Crippen LogP contribution in [0.5, 0.6) is 17.2 Å². The minimum absolute atomic E-state index is 0.0101. The van der Waals surface area contributed by atoms with Crippen molar-refractivity contribution in [2.75, 3.05) is 4.90 Å². The van der Waals surface area contributed by atoms with Crippen LogP contribution in [0.25, 0.3) is 16.5 Å². The van der Waals surface area contributed by atoms with Gasteiger partial charge in [-0.3, -0.25) is 19.8 Å². The summed E-state index contributed by atoms with van der Waals surface area (Å²) in [5.41, 5.74) is 2.37. The Labute approximate surface area is 226 Å². The van der Waals surface area contributed by atoms with Gasteiger partial charge < -0.3 is 9.47 Å². The fraction of sp³-hybridized carbons (Fsp3) is 0.0357. The van der Waals surface area contributed by atoms with Crippen molar-refractivity contribution < 1.29 is 19.1 Å². The third-order valence-electron chi connectivity index (χ3n) is 5.86. The number of anilines is 1. The Balaban J connectivity index is 1.29. The Bertz CT molecular complexity index is 1600. The molecule has 0 radical (unpaired) electrons. The summed E-state index contributed by atoms with van der Waals surface area (Å²) in [4.78, 5) is 29.3. The molecule has 1 fully saturated rings. The Kier molecular flexibility index (Phi) is 6.00. The zero-order chi connectivity index (χ0) is 25.5. The van der Waals surface area contributed by atoms with E-state index in [1.54, 1.807) is 36.4 Å². The van der Waals surface area contributed by atoms with Crippen molar-refractivity contribution in [3.8, 4) is 27.7 Å². The molecule has 1 saturated heterocycles. The number of hydrogen-bond acceptors (Lipinski definition) is 6. The summed E-state index contributed by atoms with van der Waals surface area (Å²) in [6.45, 7) is 0.400. The summed E-state index contributed by atoms with van der Waals surface area (Å²) in [7, 11) is 0. The topological polar surface area (TPSA) is 67.9 Å². The lowest BCUT2D eigenvalue weighted by Crippen LogP contribution is -2.54. The molecule has 3 heterocycles. The van der Waals surface area contributed by atoms with Gasteiger partial charge in [-0.05, 0) is 79.0 Å². The molecule has 2 aliphatic heterocycles. The number of para-hydroxylation sites is 1. The second-order valence-electron chi connectivity index (χ2n) is 8.30. The maximum atomic E-state index is 13.5. The summed E-state index contributed by atoms with van der Waals surface area (Å²) in [5, 5.41) is 3.25. The number of amides is 2. The average Bonchev–Trinajstić information content (AvgIpc) is 3.31. The Morgan fingerprint density at radius 2 is 1.76 bits per heavy atom. The molecule has 0 unspecified atom stereocenters. The van der Waals surface area contributed by atoms with Gasteiger partial charge in [0.2, 0.25) is 0 Å². The number of carbonyl (C=O) groups is 2. The number of carbonyl (C=O) groups excluding carboxylic acids is 2. The molecule has 182 valence electrons. The van der Waals surface area contributed by atoms with Crippen molar-refractivity contribution in [2.45, 2.75) is 6.61 Å². The van der Waals surface area contributed by atoms with Gasteiger partial charge in [0.15, 0.2) is 5.11 Å². The fourth-order valence-electron chi connectivity index (χ4n) is 4.14. The van der Waals surface area contributed by atoms with E-state index in [0.717, 1.165) is 26.6 Å². The number of fused-ring (bicyclic) bond motifs is 3. The van der Waals surface area contributed by atoms with Crippen LogP contribution in [0.3, 0.4) is 0 Å². The first-order valence-corrected chi connectivity index (χ1v) is 12.9. The molecule has 6 nitrogen and oxygen atoms in total. The monoisotopic (exact) mass is 544 g/mol. The Morgan fingerprint density at radius 3 is 2.54 bits per heavy atom. The van der Waals surface area contributed by atoms with Crippen LogP contribution < -0.4 is 19.7 Å². The molecule has 0 spiro atoms. The lowest BCUT2D eigenvalue weighted by Gasteiger charge is -2.28. The van der Waals surface area contributed by atoms with Gasteiger partial charge in [-0.25, -0.2) is 0 Å². The highest BCUT2D eigenvalue weighted by molar-refractivity contribution is 7.80. The molecule has 37 heavy (non-hydrogen) atoms. The summed E-state index contributed by atoms with van der Waals surface area (Å²) in [6, 6.07) is 23.7. The van der Waals surface area contributed by atoms with E-state index in [1.165, 1.54) is 16.2 Å². The summed E-state index contributed by atoms with van der Waals surface area (Å²) < 4.78 is 11.7. The van der Waals surface area contributed by atoms with Crippen LogP contribution in [0.4, 0.5) is 5.69 Å². The first-order chi connectivity index (χ1) is 18.0. The van der Waals surface area contributed by atoms with Crippen molar-refractivity contribution >= 4 is 63.8 Å². The molecule has 4 aromatic rings. The minimum Gasteiger partial charge on any atom is -0.488 e. The number of hydrogen-bond donors (Lipinski definition) is 1. The van der Waals surface area contributed by atoms with Crippen LogP contribution >= 0.6 is 35.2 Å². The van der Waals surface area contributed by atoms with E-state index in [9.17, 15) is 9.59 Å². The molecule has 2 amide bonds. The van der Waals surface area contributed by atoms with Gasteiger partial charge in [0, 0.05) is 25.9 Å². The molecule has 0 atom stereocenters. The second kappa shape index (κ2) is 9.48. The molecule has 2 aliphatic rings. The zero-order valence-electron chi connectivity index (χ0n) is 19.1. The second-order valence-corrected chi connectivity index (χ2v) is 10.2. The predicted molar refractivity (Wildman–Crippen MR) is 148 cm³/mol. The highest BCUT2D eigenvalue weighted by Gasteiger charge is 2.35. The highest BCUT2D eigenvalue weighted by Crippen LogP contribution is 2.44. The third kappa shape index (κ3) is 4.51. The number of nitrogens with one attached hydrogen (secondary N) is 1. The van der Waals surface area contributed by atoms with E-state index in [4.69, 9.17) is 33.3 Å². The van der Waals surface area contributed by atoms with Gasteiger partial charge in [0.05, 0.1) is 5.69 Å². The molecule has 1 aromatic heterocycles. The first-order valence-electron chi connectivity index (χ1n) is 11.3. The Morgan fingerprint density at radius 1 is 1.00 bits per heavy atom. The number of halogens is 1. The molecule has 0 bridgehead atoms. The lowest BCUT2D eigenvalue weighted by molar-refractivity contribution is -0.122. The maximum absolute atomic E-state index is 13.5. The number of benzene rings is 3. The van der Waals surface area contributed by atoms with Gasteiger partial charge >= 0.3 is 0 Å². The third-order valence-corrected chi connectivity index (χ3v) is 7.54. The van der Waals surface area contributed by atoms with E-state index >= 15 is 0 Å². The van der Waals surface area contributed by atoms with Gasteiger partial charge in [-0.15, -0.1) is 11.3 Å². The quantitative estimate of drug-likeness (QED) is 0.178. The summed E-state index contributed by atoms with van der Waals surface area (Å²) in [5.74, 6) is 1.02. The van der Waals surface area contributed by atoms with E-state index in [1.807, 2.05) is 48.5 Å². The van der Waals surface area contributed by atoms with Crippen molar-refractivity contribution in [3.05, 3.63) is 99.9 Å². The minimum atomic E-state index is -0.540.